The highest BCUT2D eigenvalue weighted by atomic mass is 35.5. The molecule has 0 spiro atoms. The van der Waals surface area contributed by atoms with Gasteiger partial charge in [-0.2, -0.15) is 0 Å². The van der Waals surface area contributed by atoms with Gasteiger partial charge in [-0.05, 0) is 18.6 Å². The van der Waals surface area contributed by atoms with E-state index < -0.39 is 0 Å². The van der Waals surface area contributed by atoms with Crippen LogP contribution in [0.2, 0.25) is 5.15 Å². The standard InChI is InChI=1S/C9H8ClNO2/c1-5-8-6(4-7(10)11-5)2-3-13-9(8)12/h4H,2-3H2,1H3. The molecule has 0 atom stereocenters. The minimum Gasteiger partial charge on any atom is -0.462 e. The number of esters is 1. The van der Waals surface area contributed by atoms with Gasteiger partial charge in [-0.1, -0.05) is 11.6 Å². The van der Waals surface area contributed by atoms with Crippen LogP contribution >= 0.6 is 11.6 Å². The molecule has 13 heavy (non-hydrogen) atoms. The summed E-state index contributed by atoms with van der Waals surface area (Å²) in [6.07, 6.45) is 0.726. The van der Waals surface area contributed by atoms with Crippen LogP contribution in [0.25, 0.3) is 0 Å². The number of aryl methyl sites for hydroxylation is 1. The van der Waals surface area contributed by atoms with Crippen LogP contribution in [-0.4, -0.2) is 17.6 Å². The number of hydrogen-bond acceptors (Lipinski definition) is 3. The molecule has 0 unspecified atom stereocenters. The van der Waals surface area contributed by atoms with Crippen LogP contribution in [0.3, 0.4) is 0 Å². The van der Waals surface area contributed by atoms with E-state index in [2.05, 4.69) is 4.98 Å². The third kappa shape index (κ3) is 1.40. The lowest BCUT2D eigenvalue weighted by Crippen LogP contribution is -2.19. The van der Waals surface area contributed by atoms with Crippen LogP contribution < -0.4 is 0 Å². The summed E-state index contributed by atoms with van der Waals surface area (Å²) in [5, 5.41) is 0.436. The fourth-order valence-corrected chi connectivity index (χ4v) is 1.76. The Balaban J connectivity index is 2.63. The van der Waals surface area contributed by atoms with Crippen molar-refractivity contribution in [1.29, 1.82) is 0 Å². The Kier molecular flexibility index (Phi) is 1.96. The van der Waals surface area contributed by atoms with Crippen molar-refractivity contribution in [2.45, 2.75) is 13.3 Å². The van der Waals surface area contributed by atoms with Gasteiger partial charge in [-0.3, -0.25) is 0 Å². The summed E-state index contributed by atoms with van der Waals surface area (Å²) in [6.45, 7) is 2.20. The first-order valence-electron chi connectivity index (χ1n) is 4.01. The lowest BCUT2D eigenvalue weighted by atomic mass is 10.0. The number of fused-ring (bicyclic) bond motifs is 1. The van der Waals surface area contributed by atoms with Gasteiger partial charge in [-0.15, -0.1) is 0 Å². The Labute approximate surface area is 80.7 Å². The Morgan fingerprint density at radius 1 is 1.62 bits per heavy atom. The quantitative estimate of drug-likeness (QED) is 0.470. The number of carbonyl (C=O) groups excluding carboxylic acids is 1. The average Bonchev–Trinajstić information content (AvgIpc) is 2.02. The second-order valence-electron chi connectivity index (χ2n) is 2.95. The van der Waals surface area contributed by atoms with Crippen LogP contribution in [-0.2, 0) is 11.2 Å². The third-order valence-electron chi connectivity index (χ3n) is 2.06. The number of pyridine rings is 1. The molecule has 0 aliphatic carbocycles. The Hall–Kier alpha value is -1.09. The number of nitrogens with zero attached hydrogens (tertiary/aromatic N) is 1. The first-order chi connectivity index (χ1) is 6.18. The predicted molar refractivity (Wildman–Crippen MR) is 48.0 cm³/mol. The van der Waals surface area contributed by atoms with E-state index in [0.717, 1.165) is 12.0 Å². The zero-order chi connectivity index (χ0) is 9.42. The maximum absolute atomic E-state index is 11.3. The highest BCUT2D eigenvalue weighted by Gasteiger charge is 2.21. The molecule has 2 rings (SSSR count). The minimum absolute atomic E-state index is 0.289. The number of cyclic esters (lactones) is 1. The predicted octanol–water partition coefficient (Wildman–Crippen LogP) is 1.76. The van der Waals surface area contributed by atoms with Crippen molar-refractivity contribution in [1.82, 2.24) is 4.98 Å². The Bertz CT molecular complexity index is 376. The zero-order valence-electron chi connectivity index (χ0n) is 7.13. The fourth-order valence-electron chi connectivity index (χ4n) is 1.50. The van der Waals surface area contributed by atoms with Crippen LogP contribution in [0.1, 0.15) is 21.6 Å². The molecule has 0 bridgehead atoms. The number of halogens is 1. The Morgan fingerprint density at radius 3 is 3.15 bits per heavy atom. The molecule has 0 saturated carbocycles. The van der Waals surface area contributed by atoms with Crippen LogP contribution in [0, 0.1) is 6.92 Å². The van der Waals surface area contributed by atoms with E-state index in [1.54, 1.807) is 13.0 Å². The number of aromatic nitrogens is 1. The SMILES string of the molecule is Cc1nc(Cl)cc2c1C(=O)OCC2. The molecule has 0 aromatic carbocycles. The smallest absolute Gasteiger partial charge is 0.340 e. The zero-order valence-corrected chi connectivity index (χ0v) is 7.89. The van der Waals surface area contributed by atoms with E-state index in [4.69, 9.17) is 16.3 Å². The molecule has 0 N–H and O–H groups in total. The van der Waals surface area contributed by atoms with Gasteiger partial charge in [0.1, 0.15) is 5.15 Å². The number of rotatable bonds is 0. The van der Waals surface area contributed by atoms with Crippen molar-refractivity contribution in [3.8, 4) is 0 Å². The van der Waals surface area contributed by atoms with E-state index in [1.807, 2.05) is 0 Å². The molecule has 0 saturated heterocycles. The number of ether oxygens (including phenoxy) is 1. The number of carbonyl (C=O) groups is 1. The molecule has 0 fully saturated rings. The van der Waals surface area contributed by atoms with Crippen molar-refractivity contribution >= 4 is 17.6 Å². The molecule has 1 aliphatic heterocycles. The molecule has 3 nitrogen and oxygen atoms in total. The molecular formula is C9H8ClNO2. The summed E-state index contributed by atoms with van der Waals surface area (Å²) in [5.41, 5.74) is 2.16. The van der Waals surface area contributed by atoms with Gasteiger partial charge in [0.05, 0.1) is 17.9 Å². The largest absolute Gasteiger partial charge is 0.462 e. The van der Waals surface area contributed by atoms with E-state index in [9.17, 15) is 4.79 Å². The Morgan fingerprint density at radius 2 is 2.38 bits per heavy atom. The van der Waals surface area contributed by atoms with Crippen molar-refractivity contribution in [2.75, 3.05) is 6.61 Å². The summed E-state index contributed by atoms with van der Waals surface area (Å²) in [5.74, 6) is -0.289. The fraction of sp³-hybridized carbons (Fsp3) is 0.333. The highest BCUT2D eigenvalue weighted by molar-refractivity contribution is 6.29. The summed E-state index contributed by atoms with van der Waals surface area (Å²) < 4.78 is 4.90. The maximum atomic E-state index is 11.3. The van der Waals surface area contributed by atoms with Gasteiger partial charge in [0.2, 0.25) is 0 Å². The van der Waals surface area contributed by atoms with E-state index in [0.29, 0.717) is 23.0 Å². The van der Waals surface area contributed by atoms with E-state index >= 15 is 0 Å². The molecule has 1 aromatic heterocycles. The summed E-state index contributed by atoms with van der Waals surface area (Å²) in [4.78, 5) is 15.3. The molecule has 2 heterocycles. The van der Waals surface area contributed by atoms with Crippen LogP contribution in [0.5, 0.6) is 0 Å². The van der Waals surface area contributed by atoms with Crippen molar-refractivity contribution in [3.63, 3.8) is 0 Å². The second kappa shape index (κ2) is 3.00. The van der Waals surface area contributed by atoms with Crippen molar-refractivity contribution in [2.24, 2.45) is 0 Å². The lowest BCUT2D eigenvalue weighted by molar-refractivity contribution is 0.0478. The van der Waals surface area contributed by atoms with E-state index in [1.165, 1.54) is 0 Å². The van der Waals surface area contributed by atoms with Gasteiger partial charge in [0.15, 0.2) is 0 Å². The first-order valence-corrected chi connectivity index (χ1v) is 4.39. The highest BCUT2D eigenvalue weighted by Crippen LogP contribution is 2.22. The van der Waals surface area contributed by atoms with E-state index in [-0.39, 0.29) is 5.97 Å². The van der Waals surface area contributed by atoms with Gasteiger partial charge in [0, 0.05) is 6.42 Å². The maximum Gasteiger partial charge on any atom is 0.340 e. The molecule has 0 amide bonds. The van der Waals surface area contributed by atoms with Gasteiger partial charge < -0.3 is 4.74 Å². The van der Waals surface area contributed by atoms with Crippen molar-refractivity contribution in [3.05, 3.63) is 28.0 Å². The third-order valence-corrected chi connectivity index (χ3v) is 2.25. The molecule has 1 aliphatic rings. The molecule has 0 radical (unpaired) electrons. The average molecular weight is 198 g/mol. The first kappa shape index (κ1) is 8.51. The summed E-state index contributed by atoms with van der Waals surface area (Å²) in [7, 11) is 0. The second-order valence-corrected chi connectivity index (χ2v) is 3.34. The molecule has 68 valence electrons. The summed E-state index contributed by atoms with van der Waals surface area (Å²) >= 11 is 5.77. The van der Waals surface area contributed by atoms with Gasteiger partial charge in [-0.25, -0.2) is 9.78 Å². The monoisotopic (exact) mass is 197 g/mol. The molecule has 1 aromatic rings. The van der Waals surface area contributed by atoms with Gasteiger partial charge >= 0.3 is 5.97 Å². The lowest BCUT2D eigenvalue weighted by Gasteiger charge is -2.16. The van der Waals surface area contributed by atoms with Crippen LogP contribution in [0.15, 0.2) is 6.07 Å². The van der Waals surface area contributed by atoms with Gasteiger partial charge in [0.25, 0.3) is 0 Å². The molecule has 4 heteroatoms. The number of hydrogen-bond donors (Lipinski definition) is 0. The van der Waals surface area contributed by atoms with Crippen molar-refractivity contribution < 1.29 is 9.53 Å². The topological polar surface area (TPSA) is 39.2 Å². The minimum atomic E-state index is -0.289. The molecular weight excluding hydrogens is 190 g/mol. The summed E-state index contributed by atoms with van der Waals surface area (Å²) in [6, 6.07) is 1.73. The van der Waals surface area contributed by atoms with Crippen LogP contribution in [0.4, 0.5) is 0 Å². The normalized spacial score (nSPS) is 15.1.